The number of hydrogen-bond acceptors (Lipinski definition) is 4. The number of pyridine rings is 1. The summed E-state index contributed by atoms with van der Waals surface area (Å²) in [7, 11) is 0. The van der Waals surface area contributed by atoms with Crippen molar-refractivity contribution < 1.29 is 27.2 Å². The molecule has 0 aliphatic carbocycles. The highest BCUT2D eigenvalue weighted by atomic mass is 35.5. The number of amidine groups is 1. The minimum atomic E-state index is -4.67. The van der Waals surface area contributed by atoms with E-state index in [2.05, 4.69) is 10.3 Å². The summed E-state index contributed by atoms with van der Waals surface area (Å²) < 4.78 is 51.9. The Morgan fingerprint density at radius 1 is 1.34 bits per heavy atom. The maximum absolute atomic E-state index is 13.1. The number of likely N-dealkylation sites (tertiary alicyclic amines) is 2. The molecule has 0 radical (unpaired) electrons. The molecule has 0 aromatic carbocycles. The number of rotatable bonds is 3. The van der Waals surface area contributed by atoms with Crippen LogP contribution in [0.15, 0.2) is 12.3 Å². The molecule has 7 nitrogen and oxygen atoms in total. The highest BCUT2D eigenvalue weighted by Gasteiger charge is 2.41. The van der Waals surface area contributed by atoms with Gasteiger partial charge in [0, 0.05) is 12.6 Å². The fourth-order valence-corrected chi connectivity index (χ4v) is 3.47. The van der Waals surface area contributed by atoms with E-state index in [9.17, 15) is 27.2 Å². The van der Waals surface area contributed by atoms with Crippen LogP contribution in [0, 0.1) is 5.41 Å². The van der Waals surface area contributed by atoms with Crippen LogP contribution in [0.3, 0.4) is 0 Å². The Morgan fingerprint density at radius 3 is 2.66 bits per heavy atom. The number of hydrogen-bond donors (Lipinski definition) is 2. The molecule has 3 amide bonds. The van der Waals surface area contributed by atoms with Crippen molar-refractivity contribution >= 4 is 29.4 Å². The average molecular weight is 436 g/mol. The predicted octanol–water partition coefficient (Wildman–Crippen LogP) is 2.98. The summed E-state index contributed by atoms with van der Waals surface area (Å²) in [6.45, 7) is -0.444. The predicted molar refractivity (Wildman–Crippen MR) is 95.2 cm³/mol. The number of nitrogens with one attached hydrogen (secondary N) is 2. The Hall–Kier alpha value is -2.43. The second-order valence-corrected chi connectivity index (χ2v) is 7.28. The van der Waals surface area contributed by atoms with Crippen LogP contribution in [0.4, 0.5) is 22.4 Å². The van der Waals surface area contributed by atoms with E-state index in [0.717, 1.165) is 17.2 Å². The van der Waals surface area contributed by atoms with Crippen molar-refractivity contribution in [2.24, 2.45) is 0 Å². The SMILES string of the molecule is N=C1CCCC(C(=O)N2CC(F)C2)N1C(=O)NCc1cc(C(F)(F)F)c(Cl)cn1. The first-order valence-electron chi connectivity index (χ1n) is 8.87. The molecule has 3 rings (SSSR count). The van der Waals surface area contributed by atoms with Gasteiger partial charge in [0.2, 0.25) is 5.91 Å². The van der Waals surface area contributed by atoms with Crippen LogP contribution < -0.4 is 5.32 Å². The standard InChI is InChI=1S/C17H18ClF4N5O2/c18-12-6-24-10(4-11(12)17(20,21)22)5-25-16(29)27-13(2-1-3-14(27)23)15(28)26-7-9(19)8-26/h4,6,9,13,23H,1-3,5,7-8H2,(H,25,29). The minimum Gasteiger partial charge on any atom is -0.335 e. The van der Waals surface area contributed by atoms with Crippen LogP contribution in [0.2, 0.25) is 5.02 Å². The molecular weight excluding hydrogens is 418 g/mol. The molecule has 1 aromatic rings. The van der Waals surface area contributed by atoms with Crippen LogP contribution in [0.1, 0.15) is 30.5 Å². The highest BCUT2D eigenvalue weighted by molar-refractivity contribution is 6.31. The van der Waals surface area contributed by atoms with Gasteiger partial charge < -0.3 is 10.2 Å². The lowest BCUT2D eigenvalue weighted by atomic mass is 9.98. The van der Waals surface area contributed by atoms with E-state index in [1.807, 2.05) is 0 Å². The van der Waals surface area contributed by atoms with Crippen LogP contribution in [-0.2, 0) is 17.5 Å². The quantitative estimate of drug-likeness (QED) is 0.715. The number of aromatic nitrogens is 1. The molecule has 1 atom stereocenters. The second kappa shape index (κ2) is 8.13. The lowest BCUT2D eigenvalue weighted by Gasteiger charge is -2.41. The van der Waals surface area contributed by atoms with Gasteiger partial charge in [0.25, 0.3) is 0 Å². The fourth-order valence-electron chi connectivity index (χ4n) is 3.26. The summed E-state index contributed by atoms with van der Waals surface area (Å²) in [5.74, 6) is -0.521. The Morgan fingerprint density at radius 2 is 2.03 bits per heavy atom. The second-order valence-electron chi connectivity index (χ2n) is 6.88. The van der Waals surface area contributed by atoms with Gasteiger partial charge >= 0.3 is 12.2 Å². The molecule has 2 aliphatic rings. The molecule has 2 saturated heterocycles. The molecule has 158 valence electrons. The topological polar surface area (TPSA) is 89.4 Å². The summed E-state index contributed by atoms with van der Waals surface area (Å²) in [6, 6.07) is -1.00. The summed E-state index contributed by atoms with van der Waals surface area (Å²) in [4.78, 5) is 31.2. The molecule has 1 unspecified atom stereocenters. The fraction of sp³-hybridized carbons (Fsp3) is 0.529. The van der Waals surface area contributed by atoms with E-state index in [1.165, 1.54) is 4.90 Å². The van der Waals surface area contributed by atoms with Gasteiger partial charge in [0.05, 0.1) is 35.9 Å². The zero-order valence-electron chi connectivity index (χ0n) is 15.1. The Kier molecular flexibility index (Phi) is 5.97. The molecule has 2 fully saturated rings. The minimum absolute atomic E-state index is 0.0486. The van der Waals surface area contributed by atoms with E-state index in [1.54, 1.807) is 0 Å². The van der Waals surface area contributed by atoms with E-state index >= 15 is 0 Å². The van der Waals surface area contributed by atoms with Gasteiger partial charge in [-0.05, 0) is 18.9 Å². The van der Waals surface area contributed by atoms with Crippen molar-refractivity contribution in [1.82, 2.24) is 20.1 Å². The first-order chi connectivity index (χ1) is 13.6. The Labute approximate surface area is 168 Å². The van der Waals surface area contributed by atoms with Crippen molar-refractivity contribution in [3.63, 3.8) is 0 Å². The molecule has 12 heteroatoms. The third-order valence-electron chi connectivity index (χ3n) is 4.78. The molecule has 3 heterocycles. The van der Waals surface area contributed by atoms with E-state index < -0.39 is 40.9 Å². The monoisotopic (exact) mass is 435 g/mol. The third-order valence-corrected chi connectivity index (χ3v) is 5.09. The first-order valence-corrected chi connectivity index (χ1v) is 9.24. The number of carbonyl (C=O) groups excluding carboxylic acids is 2. The lowest BCUT2D eigenvalue weighted by molar-refractivity contribution is -0.142. The lowest BCUT2D eigenvalue weighted by Crippen LogP contribution is -2.62. The molecule has 0 bridgehead atoms. The molecular formula is C17H18ClF4N5O2. The van der Waals surface area contributed by atoms with Crippen molar-refractivity contribution in [2.45, 2.75) is 44.2 Å². The van der Waals surface area contributed by atoms with E-state index in [-0.39, 0.29) is 37.6 Å². The zero-order valence-corrected chi connectivity index (χ0v) is 15.9. The highest BCUT2D eigenvalue weighted by Crippen LogP contribution is 2.34. The van der Waals surface area contributed by atoms with E-state index in [4.69, 9.17) is 17.0 Å². The first kappa shape index (κ1) is 21.3. The summed E-state index contributed by atoms with van der Waals surface area (Å²) in [5.41, 5.74) is -1.15. The van der Waals surface area contributed by atoms with E-state index in [0.29, 0.717) is 12.8 Å². The van der Waals surface area contributed by atoms with Crippen LogP contribution in [-0.4, -0.2) is 57.9 Å². The summed E-state index contributed by atoms with van der Waals surface area (Å²) in [5, 5.41) is 9.86. The van der Waals surface area contributed by atoms with Gasteiger partial charge in [-0.15, -0.1) is 0 Å². The third kappa shape index (κ3) is 4.60. The van der Waals surface area contributed by atoms with Gasteiger partial charge in [-0.1, -0.05) is 11.6 Å². The zero-order chi connectivity index (χ0) is 21.3. The van der Waals surface area contributed by atoms with Gasteiger partial charge in [-0.3, -0.25) is 20.1 Å². The molecule has 2 N–H and O–H groups in total. The average Bonchev–Trinajstić information content (AvgIpc) is 2.62. The van der Waals surface area contributed by atoms with Crippen LogP contribution in [0.25, 0.3) is 0 Å². The van der Waals surface area contributed by atoms with Crippen molar-refractivity contribution in [2.75, 3.05) is 13.1 Å². The van der Waals surface area contributed by atoms with Crippen LogP contribution in [0.5, 0.6) is 0 Å². The van der Waals surface area contributed by atoms with Crippen LogP contribution >= 0.6 is 11.6 Å². The van der Waals surface area contributed by atoms with Crippen molar-refractivity contribution in [3.05, 3.63) is 28.5 Å². The van der Waals surface area contributed by atoms with Crippen molar-refractivity contribution in [1.29, 1.82) is 5.41 Å². The maximum atomic E-state index is 13.1. The van der Waals surface area contributed by atoms with Gasteiger partial charge in [-0.25, -0.2) is 9.18 Å². The number of nitrogens with zero attached hydrogens (tertiary/aromatic N) is 3. The molecule has 0 saturated carbocycles. The Bertz CT molecular complexity index is 829. The number of urea groups is 1. The molecule has 1 aromatic heterocycles. The summed E-state index contributed by atoms with van der Waals surface area (Å²) >= 11 is 5.52. The smallest absolute Gasteiger partial charge is 0.335 e. The van der Waals surface area contributed by atoms with Gasteiger partial charge in [-0.2, -0.15) is 13.2 Å². The summed E-state index contributed by atoms with van der Waals surface area (Å²) in [6.07, 6.45) is -3.79. The van der Waals surface area contributed by atoms with Crippen molar-refractivity contribution in [3.8, 4) is 0 Å². The number of halogens is 5. The normalized spacial score (nSPS) is 20.4. The maximum Gasteiger partial charge on any atom is 0.417 e. The number of amides is 3. The molecule has 2 aliphatic heterocycles. The molecule has 29 heavy (non-hydrogen) atoms. The number of piperidine rings is 1. The number of alkyl halides is 4. The largest absolute Gasteiger partial charge is 0.417 e. The molecule has 0 spiro atoms. The number of carbonyl (C=O) groups is 2. The van der Waals surface area contributed by atoms with Gasteiger partial charge in [0.1, 0.15) is 18.0 Å². The Balaban J connectivity index is 1.69. The van der Waals surface area contributed by atoms with Gasteiger partial charge in [0.15, 0.2) is 0 Å².